The van der Waals surface area contributed by atoms with Crippen molar-refractivity contribution in [1.82, 2.24) is 5.32 Å². The summed E-state index contributed by atoms with van der Waals surface area (Å²) in [4.78, 5) is 1.49. The van der Waals surface area contributed by atoms with Crippen molar-refractivity contribution in [3.05, 3.63) is 44.8 Å². The van der Waals surface area contributed by atoms with E-state index in [4.69, 9.17) is 0 Å². The highest BCUT2D eigenvalue weighted by Crippen LogP contribution is 2.14. The van der Waals surface area contributed by atoms with E-state index in [0.717, 1.165) is 13.1 Å². The SMILES string of the molecule is CC(CNCc1ccsc1)Cc1cccs1. The fraction of sp³-hybridized carbons (Fsp3) is 0.385. The number of rotatable bonds is 6. The summed E-state index contributed by atoms with van der Waals surface area (Å²) in [6, 6.07) is 6.53. The molecule has 0 bridgehead atoms. The van der Waals surface area contributed by atoms with E-state index in [0.29, 0.717) is 5.92 Å². The van der Waals surface area contributed by atoms with Gasteiger partial charge in [-0.3, -0.25) is 0 Å². The molecule has 0 amide bonds. The summed E-state index contributed by atoms with van der Waals surface area (Å²) < 4.78 is 0. The molecule has 3 heteroatoms. The highest BCUT2D eigenvalue weighted by molar-refractivity contribution is 7.09. The Morgan fingerprint density at radius 2 is 2.25 bits per heavy atom. The molecular weight excluding hydrogens is 234 g/mol. The van der Waals surface area contributed by atoms with Gasteiger partial charge in [0.15, 0.2) is 0 Å². The maximum Gasteiger partial charge on any atom is 0.0213 e. The fourth-order valence-corrected chi connectivity index (χ4v) is 3.24. The van der Waals surface area contributed by atoms with Gasteiger partial charge in [-0.1, -0.05) is 13.0 Å². The molecule has 0 spiro atoms. The van der Waals surface area contributed by atoms with Crippen molar-refractivity contribution in [2.75, 3.05) is 6.54 Å². The summed E-state index contributed by atoms with van der Waals surface area (Å²) in [6.45, 7) is 4.40. The molecule has 2 heterocycles. The van der Waals surface area contributed by atoms with Gasteiger partial charge in [0.1, 0.15) is 0 Å². The fourth-order valence-electron chi connectivity index (χ4n) is 1.70. The molecule has 2 aromatic rings. The smallest absolute Gasteiger partial charge is 0.0213 e. The summed E-state index contributed by atoms with van der Waals surface area (Å²) in [5.74, 6) is 0.706. The second kappa shape index (κ2) is 6.18. The predicted octanol–water partition coefficient (Wildman–Crippen LogP) is 3.78. The summed E-state index contributed by atoms with van der Waals surface area (Å²) in [5, 5.41) is 10.0. The van der Waals surface area contributed by atoms with Gasteiger partial charge in [0.25, 0.3) is 0 Å². The Morgan fingerprint density at radius 1 is 1.31 bits per heavy atom. The van der Waals surface area contributed by atoms with Crippen molar-refractivity contribution in [3.63, 3.8) is 0 Å². The first kappa shape index (κ1) is 11.8. The van der Waals surface area contributed by atoms with E-state index in [1.165, 1.54) is 16.9 Å². The highest BCUT2D eigenvalue weighted by Gasteiger charge is 2.04. The van der Waals surface area contributed by atoms with Gasteiger partial charge in [-0.05, 0) is 52.7 Å². The van der Waals surface area contributed by atoms with Crippen LogP contribution in [0.15, 0.2) is 34.3 Å². The van der Waals surface area contributed by atoms with Crippen molar-refractivity contribution < 1.29 is 0 Å². The normalized spacial score (nSPS) is 12.8. The Hall–Kier alpha value is -0.640. The molecule has 1 atom stereocenters. The van der Waals surface area contributed by atoms with Gasteiger partial charge in [-0.25, -0.2) is 0 Å². The van der Waals surface area contributed by atoms with E-state index in [2.05, 4.69) is 46.6 Å². The lowest BCUT2D eigenvalue weighted by Crippen LogP contribution is -2.21. The Kier molecular flexibility index (Phi) is 4.57. The van der Waals surface area contributed by atoms with E-state index in [1.807, 2.05) is 11.3 Å². The topological polar surface area (TPSA) is 12.0 Å². The molecule has 0 fully saturated rings. The van der Waals surface area contributed by atoms with Crippen LogP contribution in [0.1, 0.15) is 17.4 Å². The molecule has 16 heavy (non-hydrogen) atoms. The average molecular weight is 251 g/mol. The quantitative estimate of drug-likeness (QED) is 0.824. The third-order valence-corrected chi connectivity index (χ3v) is 4.16. The van der Waals surface area contributed by atoms with Crippen molar-refractivity contribution in [2.24, 2.45) is 5.92 Å². The van der Waals surface area contributed by atoms with Crippen molar-refractivity contribution in [3.8, 4) is 0 Å². The van der Waals surface area contributed by atoms with Gasteiger partial charge in [0.05, 0.1) is 0 Å². The molecule has 1 N–H and O–H groups in total. The number of nitrogens with one attached hydrogen (secondary N) is 1. The first-order valence-electron chi connectivity index (χ1n) is 5.59. The molecular formula is C13H17NS2. The minimum absolute atomic E-state index is 0.706. The van der Waals surface area contributed by atoms with Crippen molar-refractivity contribution >= 4 is 22.7 Å². The summed E-state index contributed by atoms with van der Waals surface area (Å²) in [6.07, 6.45) is 1.19. The lowest BCUT2D eigenvalue weighted by molar-refractivity contribution is 0.514. The monoisotopic (exact) mass is 251 g/mol. The summed E-state index contributed by atoms with van der Waals surface area (Å²) >= 11 is 3.62. The van der Waals surface area contributed by atoms with Gasteiger partial charge in [0, 0.05) is 11.4 Å². The minimum Gasteiger partial charge on any atom is -0.312 e. The number of hydrogen-bond acceptors (Lipinski definition) is 3. The Balaban J connectivity index is 1.66. The van der Waals surface area contributed by atoms with Crippen LogP contribution >= 0.6 is 22.7 Å². The lowest BCUT2D eigenvalue weighted by atomic mass is 10.1. The summed E-state index contributed by atoms with van der Waals surface area (Å²) in [5.41, 5.74) is 1.40. The highest BCUT2D eigenvalue weighted by atomic mass is 32.1. The Bertz CT molecular complexity index is 378. The van der Waals surface area contributed by atoms with Crippen LogP contribution < -0.4 is 5.32 Å². The predicted molar refractivity (Wildman–Crippen MR) is 73.2 cm³/mol. The standard InChI is InChI=1S/C13H17NS2/c1-11(7-13-3-2-5-16-13)8-14-9-12-4-6-15-10-12/h2-6,10-11,14H,7-9H2,1H3. The third kappa shape index (κ3) is 3.74. The molecule has 0 saturated heterocycles. The van der Waals surface area contributed by atoms with E-state index in [-0.39, 0.29) is 0 Å². The van der Waals surface area contributed by atoms with Crippen LogP contribution in [0.3, 0.4) is 0 Å². The van der Waals surface area contributed by atoms with Gasteiger partial charge >= 0.3 is 0 Å². The molecule has 86 valence electrons. The van der Waals surface area contributed by atoms with E-state index in [9.17, 15) is 0 Å². The molecule has 0 aromatic carbocycles. The number of hydrogen-bond donors (Lipinski definition) is 1. The van der Waals surface area contributed by atoms with Crippen LogP contribution in [0.2, 0.25) is 0 Å². The van der Waals surface area contributed by atoms with Crippen molar-refractivity contribution in [2.45, 2.75) is 19.9 Å². The molecule has 2 aromatic heterocycles. The maximum absolute atomic E-state index is 3.51. The second-order valence-corrected chi connectivity index (χ2v) is 5.96. The molecule has 0 radical (unpaired) electrons. The Morgan fingerprint density at radius 3 is 2.94 bits per heavy atom. The van der Waals surface area contributed by atoms with Gasteiger partial charge in [0.2, 0.25) is 0 Å². The molecule has 0 aliphatic rings. The van der Waals surface area contributed by atoms with Crippen LogP contribution in [0.4, 0.5) is 0 Å². The van der Waals surface area contributed by atoms with E-state index in [1.54, 1.807) is 11.3 Å². The Labute approximate surface area is 105 Å². The molecule has 0 aliphatic heterocycles. The zero-order valence-electron chi connectivity index (χ0n) is 9.48. The van der Waals surface area contributed by atoms with Crippen LogP contribution in [-0.2, 0) is 13.0 Å². The van der Waals surface area contributed by atoms with Crippen molar-refractivity contribution in [1.29, 1.82) is 0 Å². The van der Waals surface area contributed by atoms with Crippen LogP contribution in [0, 0.1) is 5.92 Å². The van der Waals surface area contributed by atoms with E-state index < -0.39 is 0 Å². The third-order valence-electron chi connectivity index (χ3n) is 2.53. The molecule has 0 aliphatic carbocycles. The second-order valence-electron chi connectivity index (χ2n) is 4.15. The first-order valence-corrected chi connectivity index (χ1v) is 7.41. The maximum atomic E-state index is 3.51. The molecule has 1 nitrogen and oxygen atoms in total. The van der Waals surface area contributed by atoms with Gasteiger partial charge in [-0.15, -0.1) is 11.3 Å². The lowest BCUT2D eigenvalue weighted by Gasteiger charge is -2.10. The van der Waals surface area contributed by atoms with Gasteiger partial charge < -0.3 is 5.32 Å². The van der Waals surface area contributed by atoms with Crippen LogP contribution in [-0.4, -0.2) is 6.54 Å². The minimum atomic E-state index is 0.706. The van der Waals surface area contributed by atoms with Crippen LogP contribution in [0.25, 0.3) is 0 Å². The largest absolute Gasteiger partial charge is 0.312 e. The first-order chi connectivity index (χ1) is 7.84. The van der Waals surface area contributed by atoms with Crippen LogP contribution in [0.5, 0.6) is 0 Å². The zero-order valence-corrected chi connectivity index (χ0v) is 11.1. The van der Waals surface area contributed by atoms with E-state index >= 15 is 0 Å². The number of thiophene rings is 2. The molecule has 2 rings (SSSR count). The zero-order chi connectivity index (χ0) is 11.2. The van der Waals surface area contributed by atoms with Gasteiger partial charge in [-0.2, -0.15) is 11.3 Å². The average Bonchev–Trinajstić information content (AvgIpc) is 2.90. The molecule has 1 unspecified atom stereocenters. The molecule has 0 saturated carbocycles. The summed E-state index contributed by atoms with van der Waals surface area (Å²) in [7, 11) is 0.